The van der Waals surface area contributed by atoms with Crippen LogP contribution in [-0.4, -0.2) is 14.5 Å². The summed E-state index contributed by atoms with van der Waals surface area (Å²) in [5.41, 5.74) is 5.92. The largest absolute Gasteiger partial charge is 0.369 e. The SMILES string of the molecule is Nc1nc2cccnc2n1-c1cc(F)cc(F)c1F. The van der Waals surface area contributed by atoms with Gasteiger partial charge >= 0.3 is 0 Å². The van der Waals surface area contributed by atoms with Crippen molar-refractivity contribution in [3.8, 4) is 5.69 Å². The Morgan fingerprint density at radius 1 is 1.16 bits per heavy atom. The third kappa shape index (κ3) is 1.70. The number of aromatic nitrogens is 3. The first-order valence-corrected chi connectivity index (χ1v) is 5.32. The summed E-state index contributed by atoms with van der Waals surface area (Å²) in [5.74, 6) is -3.52. The lowest BCUT2D eigenvalue weighted by atomic mass is 10.2. The maximum absolute atomic E-state index is 13.8. The zero-order valence-corrected chi connectivity index (χ0v) is 9.44. The normalized spacial score (nSPS) is 11.1. The number of hydrogen-bond donors (Lipinski definition) is 1. The van der Waals surface area contributed by atoms with Crippen LogP contribution in [0, 0.1) is 17.5 Å². The Labute approximate surface area is 105 Å². The lowest BCUT2D eigenvalue weighted by Crippen LogP contribution is -2.06. The van der Waals surface area contributed by atoms with Gasteiger partial charge in [0.1, 0.15) is 11.3 Å². The molecule has 2 aromatic heterocycles. The van der Waals surface area contributed by atoms with Crippen molar-refractivity contribution in [1.82, 2.24) is 14.5 Å². The van der Waals surface area contributed by atoms with Crippen LogP contribution in [0.1, 0.15) is 0 Å². The van der Waals surface area contributed by atoms with Crippen molar-refractivity contribution < 1.29 is 13.2 Å². The first-order valence-electron chi connectivity index (χ1n) is 5.32. The lowest BCUT2D eigenvalue weighted by Gasteiger charge is -2.07. The predicted octanol–water partition coefficient (Wildman–Crippen LogP) is 2.42. The van der Waals surface area contributed by atoms with E-state index < -0.39 is 17.5 Å². The number of fused-ring (bicyclic) bond motifs is 1. The number of anilines is 1. The molecule has 3 rings (SSSR count). The van der Waals surface area contributed by atoms with Gasteiger partial charge in [0.15, 0.2) is 17.3 Å². The Bertz CT molecular complexity index is 782. The van der Waals surface area contributed by atoms with Gasteiger partial charge in [-0.3, -0.25) is 4.57 Å². The van der Waals surface area contributed by atoms with Gasteiger partial charge in [0.05, 0.1) is 5.69 Å². The Hall–Kier alpha value is -2.57. The number of halogens is 3. The first kappa shape index (κ1) is 11.5. The first-order chi connectivity index (χ1) is 9.08. The number of nitrogens with two attached hydrogens (primary N) is 1. The van der Waals surface area contributed by atoms with Gasteiger partial charge in [-0.1, -0.05) is 0 Å². The number of rotatable bonds is 1. The summed E-state index contributed by atoms with van der Waals surface area (Å²) >= 11 is 0. The molecule has 0 spiro atoms. The molecular formula is C12H7F3N4. The quantitative estimate of drug-likeness (QED) is 0.687. The molecule has 0 aliphatic carbocycles. The van der Waals surface area contributed by atoms with E-state index in [0.717, 1.165) is 10.6 Å². The summed E-state index contributed by atoms with van der Waals surface area (Å²) in [6, 6.07) is 4.54. The fraction of sp³-hybridized carbons (Fsp3) is 0. The molecule has 0 atom stereocenters. The summed E-state index contributed by atoms with van der Waals surface area (Å²) in [5, 5.41) is 0. The van der Waals surface area contributed by atoms with Crippen LogP contribution in [0.25, 0.3) is 16.9 Å². The van der Waals surface area contributed by atoms with Gasteiger partial charge in [-0.15, -0.1) is 0 Å². The molecule has 19 heavy (non-hydrogen) atoms. The molecule has 0 bridgehead atoms. The monoisotopic (exact) mass is 264 g/mol. The van der Waals surface area contributed by atoms with Crippen LogP contribution in [0.2, 0.25) is 0 Å². The van der Waals surface area contributed by atoms with Crippen LogP contribution in [0.5, 0.6) is 0 Å². The van der Waals surface area contributed by atoms with Crippen molar-refractivity contribution in [2.75, 3.05) is 5.73 Å². The van der Waals surface area contributed by atoms with Gasteiger partial charge in [-0.25, -0.2) is 23.1 Å². The highest BCUT2D eigenvalue weighted by Gasteiger charge is 2.18. The number of pyridine rings is 1. The van der Waals surface area contributed by atoms with Gasteiger partial charge in [0, 0.05) is 18.3 Å². The molecule has 0 radical (unpaired) electrons. The number of benzene rings is 1. The van der Waals surface area contributed by atoms with Crippen molar-refractivity contribution >= 4 is 17.1 Å². The average Bonchev–Trinajstić information content (AvgIpc) is 2.70. The van der Waals surface area contributed by atoms with Crippen molar-refractivity contribution in [2.45, 2.75) is 0 Å². The molecule has 4 nitrogen and oxygen atoms in total. The van der Waals surface area contributed by atoms with Crippen LogP contribution < -0.4 is 5.73 Å². The highest BCUT2D eigenvalue weighted by Crippen LogP contribution is 2.25. The van der Waals surface area contributed by atoms with Gasteiger partial charge in [0.2, 0.25) is 5.95 Å². The van der Waals surface area contributed by atoms with E-state index in [-0.39, 0.29) is 17.3 Å². The topological polar surface area (TPSA) is 56.7 Å². The Kier molecular flexibility index (Phi) is 2.41. The number of hydrogen-bond acceptors (Lipinski definition) is 3. The van der Waals surface area contributed by atoms with Crippen LogP contribution in [-0.2, 0) is 0 Å². The standard InChI is InChI=1S/C12H7F3N4/c13-6-4-7(14)10(15)9(5-6)19-11-8(18-12(19)16)2-1-3-17-11/h1-5H,(H2,16,18). The second-order valence-corrected chi connectivity index (χ2v) is 3.87. The predicted molar refractivity (Wildman–Crippen MR) is 63.2 cm³/mol. The summed E-state index contributed by atoms with van der Waals surface area (Å²) in [7, 11) is 0. The molecule has 0 aliphatic heterocycles. The van der Waals surface area contributed by atoms with Crippen LogP contribution in [0.15, 0.2) is 30.5 Å². The fourth-order valence-electron chi connectivity index (χ4n) is 1.87. The maximum Gasteiger partial charge on any atom is 0.207 e. The molecule has 2 N–H and O–H groups in total. The molecule has 1 aromatic carbocycles. The minimum atomic E-state index is -1.30. The average molecular weight is 264 g/mol. The van der Waals surface area contributed by atoms with Crippen molar-refractivity contribution in [1.29, 1.82) is 0 Å². The number of nitrogens with zero attached hydrogens (tertiary/aromatic N) is 3. The molecular weight excluding hydrogens is 257 g/mol. The van der Waals surface area contributed by atoms with Crippen LogP contribution in [0.4, 0.5) is 19.1 Å². The van der Waals surface area contributed by atoms with E-state index in [1.807, 2.05) is 0 Å². The van der Waals surface area contributed by atoms with Crippen LogP contribution in [0.3, 0.4) is 0 Å². The highest BCUT2D eigenvalue weighted by atomic mass is 19.2. The number of nitrogen functional groups attached to an aromatic ring is 1. The molecule has 0 saturated heterocycles. The fourth-order valence-corrected chi connectivity index (χ4v) is 1.87. The summed E-state index contributed by atoms with van der Waals surface area (Å²) in [6.07, 6.45) is 1.45. The van der Waals surface area contributed by atoms with Gasteiger partial charge in [0.25, 0.3) is 0 Å². The molecule has 7 heteroatoms. The molecule has 0 aliphatic rings. The molecule has 0 saturated carbocycles. The second kappa shape index (κ2) is 3.98. The summed E-state index contributed by atoms with van der Waals surface area (Å²) < 4.78 is 41.3. The zero-order chi connectivity index (χ0) is 13.6. The Balaban J connectivity index is 2.39. The highest BCUT2D eigenvalue weighted by molar-refractivity contribution is 5.76. The van der Waals surface area contributed by atoms with E-state index in [1.54, 1.807) is 12.1 Å². The maximum atomic E-state index is 13.8. The Morgan fingerprint density at radius 2 is 1.95 bits per heavy atom. The third-order valence-corrected chi connectivity index (χ3v) is 2.66. The molecule has 0 fully saturated rings. The minimum absolute atomic E-state index is 0.0994. The molecule has 96 valence electrons. The molecule has 0 unspecified atom stereocenters. The van der Waals surface area contributed by atoms with E-state index in [2.05, 4.69) is 9.97 Å². The van der Waals surface area contributed by atoms with Gasteiger partial charge in [-0.05, 0) is 12.1 Å². The van der Waals surface area contributed by atoms with Crippen molar-refractivity contribution in [2.24, 2.45) is 0 Å². The third-order valence-electron chi connectivity index (χ3n) is 2.66. The van der Waals surface area contributed by atoms with E-state index in [4.69, 9.17) is 5.73 Å². The molecule has 2 heterocycles. The van der Waals surface area contributed by atoms with E-state index in [1.165, 1.54) is 6.20 Å². The van der Waals surface area contributed by atoms with Gasteiger partial charge in [-0.2, -0.15) is 0 Å². The number of imidazole rings is 1. The molecule has 3 aromatic rings. The lowest BCUT2D eigenvalue weighted by molar-refractivity contribution is 0.491. The second-order valence-electron chi connectivity index (χ2n) is 3.87. The van der Waals surface area contributed by atoms with E-state index in [9.17, 15) is 13.2 Å². The van der Waals surface area contributed by atoms with Crippen molar-refractivity contribution in [3.63, 3.8) is 0 Å². The van der Waals surface area contributed by atoms with E-state index >= 15 is 0 Å². The van der Waals surface area contributed by atoms with E-state index in [0.29, 0.717) is 11.6 Å². The van der Waals surface area contributed by atoms with Crippen molar-refractivity contribution in [3.05, 3.63) is 47.9 Å². The summed E-state index contributed by atoms with van der Waals surface area (Å²) in [4.78, 5) is 7.94. The van der Waals surface area contributed by atoms with Gasteiger partial charge < -0.3 is 5.73 Å². The minimum Gasteiger partial charge on any atom is -0.369 e. The molecule has 0 amide bonds. The smallest absolute Gasteiger partial charge is 0.207 e. The Morgan fingerprint density at radius 3 is 2.74 bits per heavy atom. The van der Waals surface area contributed by atoms with Crippen LogP contribution >= 0.6 is 0 Å². The summed E-state index contributed by atoms with van der Waals surface area (Å²) in [6.45, 7) is 0. The zero-order valence-electron chi connectivity index (χ0n) is 9.44.